The molecule has 0 unspecified atom stereocenters. The molecule has 0 atom stereocenters. The first-order valence-corrected chi connectivity index (χ1v) is 9.33. The van der Waals surface area contributed by atoms with Gasteiger partial charge < -0.3 is 20.0 Å². The van der Waals surface area contributed by atoms with Gasteiger partial charge in [-0.05, 0) is 30.9 Å². The van der Waals surface area contributed by atoms with E-state index >= 15 is 0 Å². The number of para-hydroxylation sites is 1. The van der Waals surface area contributed by atoms with E-state index in [9.17, 15) is 4.79 Å². The standard InChI is InChI=1S/C20H28N4O2/c1-21-19(25)13-15-8-11-24(12-9-15)20(22-2)23-10-7-17-14-16-5-3-4-6-18(16)26-17/h3-6,14-15H,7-13H2,1-2H3,(H,21,25)(H,22,23). The van der Waals surface area contributed by atoms with Crippen molar-refractivity contribution in [2.45, 2.75) is 25.7 Å². The van der Waals surface area contributed by atoms with Crippen LogP contribution in [0.2, 0.25) is 0 Å². The van der Waals surface area contributed by atoms with Gasteiger partial charge in [0.05, 0.1) is 0 Å². The van der Waals surface area contributed by atoms with E-state index in [1.165, 1.54) is 0 Å². The van der Waals surface area contributed by atoms with Crippen LogP contribution in [0.1, 0.15) is 25.0 Å². The number of carbonyl (C=O) groups excluding carboxylic acids is 1. The van der Waals surface area contributed by atoms with E-state index in [0.717, 1.165) is 61.6 Å². The molecule has 2 heterocycles. The zero-order valence-electron chi connectivity index (χ0n) is 15.6. The minimum absolute atomic E-state index is 0.136. The van der Waals surface area contributed by atoms with E-state index in [1.54, 1.807) is 7.05 Å². The quantitative estimate of drug-likeness (QED) is 0.638. The Hall–Kier alpha value is -2.50. The van der Waals surface area contributed by atoms with Crippen molar-refractivity contribution in [3.05, 3.63) is 36.1 Å². The molecule has 1 aromatic carbocycles. The number of hydrogen-bond acceptors (Lipinski definition) is 3. The summed E-state index contributed by atoms with van der Waals surface area (Å²) < 4.78 is 5.86. The van der Waals surface area contributed by atoms with Crippen LogP contribution in [0.25, 0.3) is 11.0 Å². The molecule has 1 amide bonds. The third-order valence-electron chi connectivity index (χ3n) is 5.01. The maximum Gasteiger partial charge on any atom is 0.220 e. The highest BCUT2D eigenvalue weighted by atomic mass is 16.3. The van der Waals surface area contributed by atoms with Gasteiger partial charge in [0.15, 0.2) is 5.96 Å². The van der Waals surface area contributed by atoms with E-state index in [4.69, 9.17) is 4.42 Å². The number of likely N-dealkylation sites (tertiary alicyclic amines) is 1. The van der Waals surface area contributed by atoms with Crippen molar-refractivity contribution in [1.82, 2.24) is 15.5 Å². The molecule has 6 nitrogen and oxygen atoms in total. The van der Waals surface area contributed by atoms with Gasteiger partial charge in [-0.15, -0.1) is 0 Å². The summed E-state index contributed by atoms with van der Waals surface area (Å²) in [6.45, 7) is 2.66. The summed E-state index contributed by atoms with van der Waals surface area (Å²) in [6.07, 6.45) is 3.50. The van der Waals surface area contributed by atoms with E-state index in [1.807, 2.05) is 25.2 Å². The second-order valence-electron chi connectivity index (χ2n) is 6.78. The number of nitrogens with zero attached hydrogens (tertiary/aromatic N) is 2. The number of amides is 1. The van der Waals surface area contributed by atoms with E-state index in [0.29, 0.717) is 12.3 Å². The van der Waals surface area contributed by atoms with Gasteiger partial charge in [-0.3, -0.25) is 9.79 Å². The lowest BCUT2D eigenvalue weighted by Crippen LogP contribution is -2.46. The van der Waals surface area contributed by atoms with Crippen LogP contribution < -0.4 is 10.6 Å². The minimum atomic E-state index is 0.136. The molecule has 0 spiro atoms. The van der Waals surface area contributed by atoms with Crippen LogP contribution in [0.3, 0.4) is 0 Å². The summed E-state index contributed by atoms with van der Waals surface area (Å²) >= 11 is 0. The normalized spacial score (nSPS) is 16.1. The number of piperidine rings is 1. The average Bonchev–Trinajstić information content (AvgIpc) is 3.09. The third kappa shape index (κ3) is 4.56. The second kappa shape index (κ2) is 8.74. The molecule has 140 valence electrons. The molecule has 0 aliphatic carbocycles. The topological polar surface area (TPSA) is 69.9 Å². The van der Waals surface area contributed by atoms with Gasteiger partial charge in [0.1, 0.15) is 11.3 Å². The second-order valence-corrected chi connectivity index (χ2v) is 6.78. The Balaban J connectivity index is 1.45. The van der Waals surface area contributed by atoms with Crippen LogP contribution in [0.4, 0.5) is 0 Å². The van der Waals surface area contributed by atoms with E-state index < -0.39 is 0 Å². The van der Waals surface area contributed by atoms with Crippen LogP contribution >= 0.6 is 0 Å². The van der Waals surface area contributed by atoms with Gasteiger partial charge in [0.2, 0.25) is 5.91 Å². The summed E-state index contributed by atoms with van der Waals surface area (Å²) in [7, 11) is 3.52. The Morgan fingerprint density at radius 2 is 2.08 bits per heavy atom. The molecule has 3 rings (SSSR count). The number of rotatable bonds is 5. The van der Waals surface area contributed by atoms with Gasteiger partial charge in [-0.2, -0.15) is 0 Å². The Labute approximate surface area is 154 Å². The monoisotopic (exact) mass is 356 g/mol. The maximum atomic E-state index is 11.5. The molecular weight excluding hydrogens is 328 g/mol. The zero-order valence-corrected chi connectivity index (χ0v) is 15.6. The summed E-state index contributed by atoms with van der Waals surface area (Å²) in [5, 5.41) is 7.29. The lowest BCUT2D eigenvalue weighted by Gasteiger charge is -2.34. The van der Waals surface area contributed by atoms with Crippen LogP contribution in [-0.4, -0.2) is 50.5 Å². The van der Waals surface area contributed by atoms with Gasteiger partial charge in [-0.1, -0.05) is 18.2 Å². The van der Waals surface area contributed by atoms with Crippen molar-refractivity contribution in [2.75, 3.05) is 33.7 Å². The number of benzene rings is 1. The molecule has 1 aliphatic rings. The number of aliphatic imine (C=N–C) groups is 1. The SMILES string of the molecule is CN=C(NCCc1cc2ccccc2o1)N1CCC(CC(=O)NC)CC1. The Morgan fingerprint density at radius 3 is 2.77 bits per heavy atom. The summed E-state index contributed by atoms with van der Waals surface area (Å²) in [5.41, 5.74) is 0.935. The van der Waals surface area contributed by atoms with Crippen LogP contribution in [-0.2, 0) is 11.2 Å². The predicted octanol–water partition coefficient (Wildman–Crippen LogP) is 2.40. The maximum absolute atomic E-state index is 11.5. The Kier molecular flexibility index (Phi) is 6.15. The van der Waals surface area contributed by atoms with E-state index in [-0.39, 0.29) is 5.91 Å². The van der Waals surface area contributed by atoms with Gasteiger partial charge in [0, 0.05) is 52.0 Å². The average molecular weight is 356 g/mol. The number of hydrogen-bond donors (Lipinski definition) is 2. The van der Waals surface area contributed by atoms with Crippen LogP contribution in [0.15, 0.2) is 39.7 Å². The molecule has 0 bridgehead atoms. The van der Waals surface area contributed by atoms with Crippen molar-refractivity contribution >= 4 is 22.8 Å². The fraction of sp³-hybridized carbons (Fsp3) is 0.500. The fourth-order valence-corrected chi connectivity index (χ4v) is 3.50. The number of fused-ring (bicyclic) bond motifs is 1. The number of nitrogens with one attached hydrogen (secondary N) is 2. The third-order valence-corrected chi connectivity index (χ3v) is 5.01. The molecular formula is C20H28N4O2. The smallest absolute Gasteiger partial charge is 0.220 e. The largest absolute Gasteiger partial charge is 0.461 e. The molecule has 1 aromatic heterocycles. The molecule has 26 heavy (non-hydrogen) atoms. The van der Waals surface area contributed by atoms with Crippen LogP contribution in [0, 0.1) is 5.92 Å². The summed E-state index contributed by atoms with van der Waals surface area (Å²) in [6, 6.07) is 10.2. The van der Waals surface area contributed by atoms with Gasteiger partial charge in [0.25, 0.3) is 0 Å². The lowest BCUT2D eigenvalue weighted by molar-refractivity contribution is -0.121. The summed E-state index contributed by atoms with van der Waals surface area (Å²) in [5.74, 6) is 2.52. The number of guanidine groups is 1. The van der Waals surface area contributed by atoms with Crippen molar-refractivity contribution in [1.29, 1.82) is 0 Å². The first-order valence-electron chi connectivity index (χ1n) is 9.33. The molecule has 0 radical (unpaired) electrons. The molecule has 1 fully saturated rings. The molecule has 0 saturated carbocycles. The molecule has 1 saturated heterocycles. The Bertz CT molecular complexity index is 727. The van der Waals surface area contributed by atoms with Crippen molar-refractivity contribution in [2.24, 2.45) is 10.9 Å². The number of furan rings is 1. The highest BCUT2D eigenvalue weighted by molar-refractivity contribution is 5.80. The zero-order chi connectivity index (χ0) is 18.4. The molecule has 2 N–H and O–H groups in total. The first kappa shape index (κ1) is 18.3. The number of carbonyl (C=O) groups is 1. The summed E-state index contributed by atoms with van der Waals surface area (Å²) in [4.78, 5) is 18.2. The lowest BCUT2D eigenvalue weighted by atomic mass is 9.93. The van der Waals surface area contributed by atoms with Crippen molar-refractivity contribution < 1.29 is 9.21 Å². The first-order chi connectivity index (χ1) is 12.7. The molecule has 2 aromatic rings. The van der Waals surface area contributed by atoms with Crippen LogP contribution in [0.5, 0.6) is 0 Å². The predicted molar refractivity (Wildman–Crippen MR) is 104 cm³/mol. The highest BCUT2D eigenvalue weighted by Crippen LogP contribution is 2.21. The van der Waals surface area contributed by atoms with Crippen molar-refractivity contribution in [3.63, 3.8) is 0 Å². The minimum Gasteiger partial charge on any atom is -0.461 e. The molecule has 1 aliphatic heterocycles. The van der Waals surface area contributed by atoms with Crippen molar-refractivity contribution in [3.8, 4) is 0 Å². The molecule has 6 heteroatoms. The van der Waals surface area contributed by atoms with Gasteiger partial charge in [-0.25, -0.2) is 0 Å². The van der Waals surface area contributed by atoms with Gasteiger partial charge >= 0.3 is 0 Å². The Morgan fingerprint density at radius 1 is 1.31 bits per heavy atom. The van der Waals surface area contributed by atoms with E-state index in [2.05, 4.69) is 32.7 Å². The highest BCUT2D eigenvalue weighted by Gasteiger charge is 2.22. The fourth-order valence-electron chi connectivity index (χ4n) is 3.50.